The average molecular weight is 325 g/mol. The van der Waals surface area contributed by atoms with E-state index in [9.17, 15) is 9.18 Å². The molecular weight excluding hydrogens is 309 g/mol. The first-order valence-electron chi connectivity index (χ1n) is 7.51. The van der Waals surface area contributed by atoms with Gasteiger partial charge < -0.3 is 5.32 Å². The number of benzene rings is 1. The summed E-state index contributed by atoms with van der Waals surface area (Å²) < 4.78 is 14.5. The lowest BCUT2D eigenvalue weighted by molar-refractivity contribution is 0.0943. The molecule has 3 aromatic rings. The SMILES string of the molecule is Cc1nc(C(=O)NCCc2ccccn2)nn1-c1ccc(F)cc1. The molecule has 7 heteroatoms. The first-order valence-corrected chi connectivity index (χ1v) is 7.51. The van der Waals surface area contributed by atoms with Crippen LogP contribution in [0.25, 0.3) is 5.69 Å². The summed E-state index contributed by atoms with van der Waals surface area (Å²) in [5.41, 5.74) is 1.55. The Balaban J connectivity index is 1.65. The van der Waals surface area contributed by atoms with Gasteiger partial charge in [-0.25, -0.2) is 14.1 Å². The highest BCUT2D eigenvalue weighted by Crippen LogP contribution is 2.10. The number of pyridine rings is 1. The molecule has 1 N–H and O–H groups in total. The van der Waals surface area contributed by atoms with Crippen molar-refractivity contribution >= 4 is 5.91 Å². The van der Waals surface area contributed by atoms with E-state index in [1.54, 1.807) is 25.3 Å². The number of hydrogen-bond donors (Lipinski definition) is 1. The Labute approximate surface area is 138 Å². The van der Waals surface area contributed by atoms with Crippen LogP contribution < -0.4 is 5.32 Å². The van der Waals surface area contributed by atoms with Crippen LogP contribution in [0.4, 0.5) is 4.39 Å². The number of carbonyl (C=O) groups is 1. The predicted molar refractivity (Wildman–Crippen MR) is 86.3 cm³/mol. The van der Waals surface area contributed by atoms with Gasteiger partial charge in [0.05, 0.1) is 5.69 Å². The fraction of sp³-hybridized carbons (Fsp3) is 0.176. The maximum atomic E-state index is 13.0. The largest absolute Gasteiger partial charge is 0.349 e. The topological polar surface area (TPSA) is 72.7 Å². The molecule has 0 spiro atoms. The molecule has 0 aliphatic rings. The lowest BCUT2D eigenvalue weighted by atomic mass is 10.3. The normalized spacial score (nSPS) is 10.6. The highest BCUT2D eigenvalue weighted by atomic mass is 19.1. The second-order valence-electron chi connectivity index (χ2n) is 5.20. The quantitative estimate of drug-likeness (QED) is 0.779. The lowest BCUT2D eigenvalue weighted by Crippen LogP contribution is -2.27. The maximum absolute atomic E-state index is 13.0. The molecule has 0 unspecified atom stereocenters. The van der Waals surface area contributed by atoms with Gasteiger partial charge in [-0.15, -0.1) is 5.10 Å². The summed E-state index contributed by atoms with van der Waals surface area (Å²) in [5, 5.41) is 6.96. The number of carbonyl (C=O) groups excluding carboxylic acids is 1. The van der Waals surface area contributed by atoms with Gasteiger partial charge in [0.25, 0.3) is 5.91 Å². The van der Waals surface area contributed by atoms with Crippen LogP contribution in [0.5, 0.6) is 0 Å². The highest BCUT2D eigenvalue weighted by Gasteiger charge is 2.14. The second-order valence-corrected chi connectivity index (χ2v) is 5.20. The standard InChI is InChI=1S/C17H16FN5O/c1-12-21-16(22-23(12)15-7-5-13(18)6-8-15)17(24)20-11-9-14-4-2-3-10-19-14/h2-8,10H,9,11H2,1H3,(H,20,24). The van der Waals surface area contributed by atoms with E-state index < -0.39 is 0 Å². The molecule has 0 bridgehead atoms. The van der Waals surface area contributed by atoms with Crippen molar-refractivity contribution < 1.29 is 9.18 Å². The predicted octanol–water partition coefficient (Wildman–Crippen LogP) is 2.08. The van der Waals surface area contributed by atoms with Crippen molar-refractivity contribution in [1.29, 1.82) is 0 Å². The number of rotatable bonds is 5. The minimum atomic E-state index is -0.352. The fourth-order valence-corrected chi connectivity index (χ4v) is 2.24. The molecule has 0 saturated heterocycles. The van der Waals surface area contributed by atoms with Crippen LogP contribution in [-0.4, -0.2) is 32.2 Å². The van der Waals surface area contributed by atoms with E-state index in [0.29, 0.717) is 24.5 Å². The molecule has 0 fully saturated rings. The van der Waals surface area contributed by atoms with Crippen LogP contribution in [0.2, 0.25) is 0 Å². The number of halogens is 1. The van der Waals surface area contributed by atoms with E-state index in [1.165, 1.54) is 16.8 Å². The van der Waals surface area contributed by atoms with Gasteiger partial charge in [-0.2, -0.15) is 0 Å². The number of amides is 1. The number of nitrogens with one attached hydrogen (secondary N) is 1. The number of aromatic nitrogens is 4. The summed E-state index contributed by atoms with van der Waals surface area (Å²) in [5.74, 6) is -0.0479. The Morgan fingerprint density at radius 1 is 1.21 bits per heavy atom. The Kier molecular flexibility index (Phi) is 4.60. The van der Waals surface area contributed by atoms with Crippen molar-refractivity contribution in [3.8, 4) is 5.69 Å². The summed E-state index contributed by atoms with van der Waals surface area (Å²) >= 11 is 0. The molecule has 1 aromatic carbocycles. The Bertz CT molecular complexity index is 830. The van der Waals surface area contributed by atoms with Crippen molar-refractivity contribution in [1.82, 2.24) is 25.1 Å². The van der Waals surface area contributed by atoms with Crippen molar-refractivity contribution in [3.05, 3.63) is 71.8 Å². The van der Waals surface area contributed by atoms with Gasteiger partial charge in [-0.3, -0.25) is 9.78 Å². The molecular formula is C17H16FN5O. The van der Waals surface area contributed by atoms with Crippen molar-refractivity contribution in [3.63, 3.8) is 0 Å². The van der Waals surface area contributed by atoms with Gasteiger partial charge in [0, 0.05) is 24.9 Å². The first-order chi connectivity index (χ1) is 11.6. The van der Waals surface area contributed by atoms with Crippen molar-refractivity contribution in [2.75, 3.05) is 6.54 Å². The Morgan fingerprint density at radius 3 is 2.71 bits per heavy atom. The average Bonchev–Trinajstić information content (AvgIpc) is 2.98. The van der Waals surface area contributed by atoms with E-state index in [-0.39, 0.29) is 17.5 Å². The van der Waals surface area contributed by atoms with E-state index in [4.69, 9.17) is 0 Å². The zero-order valence-corrected chi connectivity index (χ0v) is 13.1. The molecule has 0 aliphatic heterocycles. The Morgan fingerprint density at radius 2 is 2.00 bits per heavy atom. The molecule has 3 rings (SSSR count). The number of aryl methyl sites for hydroxylation is 1. The van der Waals surface area contributed by atoms with Gasteiger partial charge in [0.2, 0.25) is 5.82 Å². The smallest absolute Gasteiger partial charge is 0.290 e. The van der Waals surface area contributed by atoms with Crippen molar-refractivity contribution in [2.24, 2.45) is 0 Å². The Hall–Kier alpha value is -3.09. The van der Waals surface area contributed by atoms with E-state index in [2.05, 4.69) is 20.4 Å². The number of nitrogens with zero attached hydrogens (tertiary/aromatic N) is 4. The van der Waals surface area contributed by atoms with Gasteiger partial charge in [0.15, 0.2) is 0 Å². The summed E-state index contributed by atoms with van der Waals surface area (Å²) in [6.45, 7) is 2.18. The third-order valence-corrected chi connectivity index (χ3v) is 3.44. The first kappa shape index (κ1) is 15.8. The fourth-order valence-electron chi connectivity index (χ4n) is 2.24. The van der Waals surface area contributed by atoms with E-state index >= 15 is 0 Å². The van der Waals surface area contributed by atoms with Crippen LogP contribution in [0.3, 0.4) is 0 Å². The molecule has 1 amide bonds. The minimum absolute atomic E-state index is 0.0813. The van der Waals surface area contributed by atoms with Gasteiger partial charge >= 0.3 is 0 Å². The summed E-state index contributed by atoms with van der Waals surface area (Å²) in [6, 6.07) is 11.5. The molecule has 0 atom stereocenters. The van der Waals surface area contributed by atoms with E-state index in [1.807, 2.05) is 18.2 Å². The van der Waals surface area contributed by atoms with Crippen LogP contribution in [-0.2, 0) is 6.42 Å². The molecule has 24 heavy (non-hydrogen) atoms. The highest BCUT2D eigenvalue weighted by molar-refractivity contribution is 5.90. The monoisotopic (exact) mass is 325 g/mol. The molecule has 2 aromatic heterocycles. The zero-order chi connectivity index (χ0) is 16.9. The molecule has 0 radical (unpaired) electrons. The van der Waals surface area contributed by atoms with Gasteiger partial charge in [-0.1, -0.05) is 6.07 Å². The summed E-state index contributed by atoms with van der Waals surface area (Å²) in [7, 11) is 0. The third-order valence-electron chi connectivity index (χ3n) is 3.44. The molecule has 0 saturated carbocycles. The molecule has 2 heterocycles. The van der Waals surface area contributed by atoms with Crippen LogP contribution >= 0.6 is 0 Å². The summed E-state index contributed by atoms with van der Waals surface area (Å²) in [6.07, 6.45) is 2.34. The zero-order valence-electron chi connectivity index (χ0n) is 13.1. The molecule has 122 valence electrons. The minimum Gasteiger partial charge on any atom is -0.349 e. The lowest BCUT2D eigenvalue weighted by Gasteiger charge is -2.03. The molecule has 0 aliphatic carbocycles. The second kappa shape index (κ2) is 6.99. The van der Waals surface area contributed by atoms with Gasteiger partial charge in [-0.05, 0) is 43.3 Å². The molecule has 6 nitrogen and oxygen atoms in total. The third kappa shape index (κ3) is 3.62. The number of hydrogen-bond acceptors (Lipinski definition) is 4. The van der Waals surface area contributed by atoms with Gasteiger partial charge in [0.1, 0.15) is 11.6 Å². The van der Waals surface area contributed by atoms with Crippen LogP contribution in [0.15, 0.2) is 48.7 Å². The van der Waals surface area contributed by atoms with Crippen LogP contribution in [0.1, 0.15) is 22.1 Å². The van der Waals surface area contributed by atoms with E-state index in [0.717, 1.165) is 5.69 Å². The van der Waals surface area contributed by atoms with Crippen molar-refractivity contribution in [2.45, 2.75) is 13.3 Å². The summed E-state index contributed by atoms with van der Waals surface area (Å²) in [4.78, 5) is 20.5. The maximum Gasteiger partial charge on any atom is 0.290 e. The van der Waals surface area contributed by atoms with Crippen LogP contribution in [0, 0.1) is 12.7 Å².